The van der Waals surface area contributed by atoms with E-state index in [2.05, 4.69) is 76.4 Å². The Morgan fingerprint density at radius 3 is 2.27 bits per heavy atom. The SMILES string of the molecule is C=CC(=O)N1CCCC(n2c(Nc3ccccc3)nc3cnc(Nc4ccc(N5CCN(CCCCCCCC(=O)NC(C(=O)N6CC(O)CC6C(=O)NC(C)c6ccc(-c7scnc7C)cc6)C(C)(C)C)CC5)cc4)nc32)C1. The summed E-state index contributed by atoms with van der Waals surface area (Å²) in [5.41, 5.74) is 8.48. The number of aliphatic hydroxyl groups excluding tert-OH is 1. The lowest BCUT2D eigenvalue weighted by Gasteiger charge is -2.36. The van der Waals surface area contributed by atoms with Gasteiger partial charge in [0.2, 0.25) is 35.5 Å². The van der Waals surface area contributed by atoms with E-state index in [1.807, 2.05) is 99.6 Å². The Morgan fingerprint density at radius 1 is 0.835 bits per heavy atom. The van der Waals surface area contributed by atoms with Crippen LogP contribution in [0.3, 0.4) is 0 Å². The number of piperazine rings is 1. The standard InChI is InChI=1S/C60H77N13O5S/c1-7-52(76)71-30-16-19-47(37-71)73-55-49(66-59(73)65-44-17-12-11-13-18-44)36-61-58(68-55)64-45-25-27-46(28-26-45)70-33-31-69(32-34-70)29-15-10-8-9-14-20-51(75)67-54(60(4,5)6)57(78)72-38-48(74)35-50(72)56(77)63-40(2)42-21-23-43(24-22-42)53-41(3)62-39-79-53/h7,11-13,17-18,21-28,36,39-40,47-48,50,54,74H,1,8-10,14-16,19-20,29-35,37-38H2,2-6H3,(H,63,77)(H,65,66)(H,67,75)(H,61,64,68). The molecule has 4 amide bonds. The number of rotatable bonds is 21. The molecular weight excluding hydrogens is 1010 g/mol. The normalized spacial score (nSPS) is 18.8. The molecule has 0 aliphatic carbocycles. The lowest BCUT2D eigenvalue weighted by atomic mass is 9.85. The van der Waals surface area contributed by atoms with Gasteiger partial charge in [0.15, 0.2) is 5.65 Å². The topological polar surface area (TPSA) is 206 Å². The van der Waals surface area contributed by atoms with Crippen molar-refractivity contribution < 1.29 is 24.3 Å². The molecule has 79 heavy (non-hydrogen) atoms. The zero-order chi connectivity index (χ0) is 55.6. The van der Waals surface area contributed by atoms with Crippen LogP contribution in [0.1, 0.15) is 109 Å². The maximum absolute atomic E-state index is 14.2. The second-order valence-electron chi connectivity index (χ2n) is 22.4. The number of amides is 4. The smallest absolute Gasteiger partial charge is 0.246 e. The minimum Gasteiger partial charge on any atom is -0.391 e. The van der Waals surface area contributed by atoms with Crippen LogP contribution in [0.2, 0.25) is 0 Å². The average Bonchev–Trinajstić information content (AvgIpc) is 4.28. The van der Waals surface area contributed by atoms with Crippen molar-refractivity contribution in [1.29, 1.82) is 0 Å². The number of hydrogen-bond acceptors (Lipinski definition) is 14. The lowest BCUT2D eigenvalue weighted by molar-refractivity contribution is -0.144. The highest BCUT2D eigenvalue weighted by Gasteiger charge is 2.45. The van der Waals surface area contributed by atoms with Crippen LogP contribution in [0.15, 0.2) is 103 Å². The van der Waals surface area contributed by atoms with Gasteiger partial charge in [-0.05, 0) is 105 Å². The Labute approximate surface area is 468 Å². The second-order valence-corrected chi connectivity index (χ2v) is 23.2. The summed E-state index contributed by atoms with van der Waals surface area (Å²) in [7, 11) is 0. The number of nitrogens with zero attached hydrogens (tertiary/aromatic N) is 9. The Kier molecular flexibility index (Phi) is 18.4. The molecule has 3 fully saturated rings. The molecule has 5 N–H and O–H groups in total. The van der Waals surface area contributed by atoms with Crippen molar-refractivity contribution in [3.05, 3.63) is 114 Å². The van der Waals surface area contributed by atoms with Crippen molar-refractivity contribution in [1.82, 2.24) is 49.8 Å². The van der Waals surface area contributed by atoms with Crippen molar-refractivity contribution in [3.8, 4) is 10.4 Å². The number of β-amino-alcohol motifs (C(OH)–C–C–N with tert-alkyl or cyclic N) is 1. The number of para-hydroxylation sites is 1. The molecule has 5 unspecified atom stereocenters. The molecule has 5 atom stereocenters. The third-order valence-corrected chi connectivity index (χ3v) is 16.5. The first-order valence-corrected chi connectivity index (χ1v) is 28.9. The van der Waals surface area contributed by atoms with Crippen LogP contribution in [-0.4, -0.2) is 138 Å². The zero-order valence-corrected chi connectivity index (χ0v) is 47.2. The Bertz CT molecular complexity index is 3040. The average molecular weight is 1090 g/mol. The van der Waals surface area contributed by atoms with Crippen molar-refractivity contribution >= 4 is 75.1 Å². The number of benzene rings is 3. The Morgan fingerprint density at radius 2 is 1.56 bits per heavy atom. The number of thiazole rings is 1. The number of aromatic nitrogens is 5. The molecule has 0 radical (unpaired) electrons. The predicted molar refractivity (Wildman–Crippen MR) is 313 cm³/mol. The van der Waals surface area contributed by atoms with E-state index < -0.39 is 23.6 Å². The first kappa shape index (κ1) is 56.5. The minimum atomic E-state index is -0.854. The Hall–Kier alpha value is -7.22. The van der Waals surface area contributed by atoms with E-state index in [0.717, 1.165) is 111 Å². The number of aryl methyl sites for hydroxylation is 1. The van der Waals surface area contributed by atoms with E-state index in [4.69, 9.17) is 9.97 Å². The summed E-state index contributed by atoms with van der Waals surface area (Å²) >= 11 is 1.59. The highest BCUT2D eigenvalue weighted by atomic mass is 32.1. The lowest BCUT2D eigenvalue weighted by Crippen LogP contribution is -2.57. The van der Waals surface area contributed by atoms with Gasteiger partial charge in [0.1, 0.15) is 17.6 Å². The quantitative estimate of drug-likeness (QED) is 0.0338. The number of anilines is 5. The van der Waals surface area contributed by atoms with Crippen LogP contribution in [0, 0.1) is 12.3 Å². The Balaban J connectivity index is 0.688. The molecule has 0 saturated carbocycles. The molecule has 6 heterocycles. The molecule has 18 nitrogen and oxygen atoms in total. The van der Waals surface area contributed by atoms with Gasteiger partial charge in [-0.1, -0.05) is 89.1 Å². The first-order chi connectivity index (χ1) is 38.1. The van der Waals surface area contributed by atoms with E-state index in [0.29, 0.717) is 42.6 Å². The third-order valence-electron chi connectivity index (χ3n) is 15.5. The minimum absolute atomic E-state index is 0.0314. The predicted octanol–water partition coefficient (Wildman–Crippen LogP) is 8.93. The summed E-state index contributed by atoms with van der Waals surface area (Å²) in [6.07, 6.45) is 9.31. The van der Waals surface area contributed by atoms with E-state index in [1.54, 1.807) is 17.5 Å². The molecular formula is C60H77N13O5S. The highest BCUT2D eigenvalue weighted by molar-refractivity contribution is 7.13. The van der Waals surface area contributed by atoms with Gasteiger partial charge in [0, 0.05) is 75.7 Å². The molecule has 9 rings (SSSR count). The molecule has 19 heteroatoms. The number of nitrogens with one attached hydrogen (secondary N) is 4. The number of aliphatic hydroxyl groups is 1. The number of carbonyl (C=O) groups is 4. The summed E-state index contributed by atoms with van der Waals surface area (Å²) in [5.74, 6) is 0.175. The fraction of sp³-hybridized carbons (Fsp3) is 0.467. The monoisotopic (exact) mass is 1090 g/mol. The van der Waals surface area contributed by atoms with Crippen LogP contribution in [0.25, 0.3) is 21.6 Å². The van der Waals surface area contributed by atoms with Gasteiger partial charge in [0.05, 0.1) is 40.5 Å². The fourth-order valence-corrected chi connectivity index (χ4v) is 11.9. The van der Waals surface area contributed by atoms with Gasteiger partial charge in [-0.3, -0.25) is 28.6 Å². The van der Waals surface area contributed by atoms with Crippen molar-refractivity contribution in [2.24, 2.45) is 5.41 Å². The fourth-order valence-electron chi connectivity index (χ4n) is 11.0. The summed E-state index contributed by atoms with van der Waals surface area (Å²) in [4.78, 5) is 82.1. The van der Waals surface area contributed by atoms with E-state index >= 15 is 0 Å². The summed E-state index contributed by atoms with van der Waals surface area (Å²) in [6, 6.07) is 24.3. The van der Waals surface area contributed by atoms with Gasteiger partial charge in [-0.2, -0.15) is 4.98 Å². The van der Waals surface area contributed by atoms with E-state index in [-0.39, 0.29) is 48.7 Å². The van der Waals surface area contributed by atoms with E-state index in [1.165, 1.54) is 16.7 Å². The first-order valence-electron chi connectivity index (χ1n) is 28.0. The van der Waals surface area contributed by atoms with Crippen LogP contribution >= 0.6 is 11.3 Å². The number of imidazole rings is 1. The van der Waals surface area contributed by atoms with Crippen LogP contribution in [-0.2, 0) is 19.2 Å². The van der Waals surface area contributed by atoms with Crippen LogP contribution < -0.4 is 26.2 Å². The van der Waals surface area contributed by atoms with Crippen molar-refractivity contribution in [3.63, 3.8) is 0 Å². The highest BCUT2D eigenvalue weighted by Crippen LogP contribution is 2.34. The summed E-state index contributed by atoms with van der Waals surface area (Å²) in [5, 5.41) is 23.7. The van der Waals surface area contributed by atoms with E-state index in [9.17, 15) is 24.3 Å². The molecule has 6 aromatic rings. The number of carbonyl (C=O) groups excluding carboxylic acids is 4. The van der Waals surface area contributed by atoms with Crippen molar-refractivity contribution in [2.75, 3.05) is 67.9 Å². The molecule has 0 spiro atoms. The van der Waals surface area contributed by atoms with Gasteiger partial charge < -0.3 is 41.1 Å². The number of fused-ring (bicyclic) bond motifs is 1. The molecule has 418 valence electrons. The van der Waals surface area contributed by atoms with Gasteiger partial charge in [0.25, 0.3) is 0 Å². The molecule has 3 aliphatic heterocycles. The maximum Gasteiger partial charge on any atom is 0.246 e. The molecule has 3 aromatic heterocycles. The summed E-state index contributed by atoms with van der Waals surface area (Å²) < 4.78 is 2.11. The molecule has 0 bridgehead atoms. The van der Waals surface area contributed by atoms with Gasteiger partial charge in [-0.25, -0.2) is 15.0 Å². The van der Waals surface area contributed by atoms with Gasteiger partial charge >= 0.3 is 0 Å². The number of likely N-dealkylation sites (tertiary alicyclic amines) is 2. The summed E-state index contributed by atoms with van der Waals surface area (Å²) in [6.45, 7) is 19.5. The molecule has 3 aromatic carbocycles. The molecule has 3 saturated heterocycles. The maximum atomic E-state index is 14.2. The number of hydrogen-bond donors (Lipinski definition) is 5. The van der Waals surface area contributed by atoms with Crippen LogP contribution in [0.4, 0.5) is 29.0 Å². The number of unbranched alkanes of at least 4 members (excludes halogenated alkanes) is 4. The third kappa shape index (κ3) is 14.2. The zero-order valence-electron chi connectivity index (χ0n) is 46.4. The van der Waals surface area contributed by atoms with Crippen LogP contribution in [0.5, 0.6) is 0 Å². The van der Waals surface area contributed by atoms with Gasteiger partial charge in [-0.15, -0.1) is 11.3 Å². The second kappa shape index (κ2) is 25.7. The number of piperidine rings is 1. The van der Waals surface area contributed by atoms with Crippen molar-refractivity contribution in [2.45, 2.75) is 123 Å². The molecule has 3 aliphatic rings. The largest absolute Gasteiger partial charge is 0.391 e.